The van der Waals surface area contributed by atoms with Crippen LogP contribution in [0, 0.1) is 5.92 Å². The first-order chi connectivity index (χ1) is 8.99. The van der Waals surface area contributed by atoms with Crippen LogP contribution in [0.2, 0.25) is 10.0 Å². The van der Waals surface area contributed by atoms with E-state index in [2.05, 4.69) is 0 Å². The zero-order chi connectivity index (χ0) is 14.0. The Morgan fingerprint density at radius 3 is 2.37 bits per heavy atom. The van der Waals surface area contributed by atoms with Crippen LogP contribution in [0.15, 0.2) is 18.2 Å². The molecule has 0 bridgehead atoms. The van der Waals surface area contributed by atoms with E-state index >= 15 is 0 Å². The molecule has 0 heterocycles. The van der Waals surface area contributed by atoms with E-state index < -0.39 is 5.92 Å². The highest BCUT2D eigenvalue weighted by Gasteiger charge is 2.35. The molecule has 0 N–H and O–H groups in total. The number of benzene rings is 1. The number of Topliss-reactive ketones (excluding diaryl/α,β-unsaturated/α-hetero) is 3. The van der Waals surface area contributed by atoms with Crippen molar-refractivity contribution in [2.75, 3.05) is 0 Å². The van der Waals surface area contributed by atoms with Gasteiger partial charge < -0.3 is 0 Å². The number of hydrogen-bond donors (Lipinski definition) is 0. The summed E-state index contributed by atoms with van der Waals surface area (Å²) in [5, 5.41) is 0.850. The fourth-order valence-corrected chi connectivity index (χ4v) is 2.69. The van der Waals surface area contributed by atoms with Crippen LogP contribution < -0.4 is 0 Å². The van der Waals surface area contributed by atoms with E-state index in [1.54, 1.807) is 12.1 Å². The van der Waals surface area contributed by atoms with E-state index in [1.807, 2.05) is 0 Å². The quantitative estimate of drug-likeness (QED) is 0.806. The average molecular weight is 299 g/mol. The molecule has 5 heteroatoms. The van der Waals surface area contributed by atoms with E-state index in [0.29, 0.717) is 34.9 Å². The maximum Gasteiger partial charge on any atom is 0.155 e. The molecule has 19 heavy (non-hydrogen) atoms. The van der Waals surface area contributed by atoms with Crippen LogP contribution in [0.3, 0.4) is 0 Å². The fraction of sp³-hybridized carbons (Fsp3) is 0.357. The minimum atomic E-state index is -1.10. The van der Waals surface area contributed by atoms with Crippen molar-refractivity contribution in [2.24, 2.45) is 5.92 Å². The van der Waals surface area contributed by atoms with Gasteiger partial charge in [-0.3, -0.25) is 14.4 Å². The van der Waals surface area contributed by atoms with E-state index in [1.165, 1.54) is 6.07 Å². The summed E-state index contributed by atoms with van der Waals surface area (Å²) in [4.78, 5) is 35.5. The van der Waals surface area contributed by atoms with Gasteiger partial charge in [-0.2, -0.15) is 0 Å². The minimum absolute atomic E-state index is 0.0157. The molecule has 1 aromatic carbocycles. The predicted molar refractivity (Wildman–Crippen MR) is 72.5 cm³/mol. The lowest BCUT2D eigenvalue weighted by atomic mass is 9.82. The van der Waals surface area contributed by atoms with Crippen LogP contribution in [0.25, 0.3) is 0 Å². The molecule has 3 nitrogen and oxygen atoms in total. The summed E-state index contributed by atoms with van der Waals surface area (Å²) < 4.78 is 0. The molecule has 0 spiro atoms. The molecule has 0 radical (unpaired) electrons. The summed E-state index contributed by atoms with van der Waals surface area (Å²) in [5.41, 5.74) is 0.585. The molecule has 2 rings (SSSR count). The van der Waals surface area contributed by atoms with Crippen molar-refractivity contribution in [3.05, 3.63) is 33.8 Å². The van der Waals surface area contributed by atoms with E-state index in [4.69, 9.17) is 23.2 Å². The Morgan fingerprint density at radius 1 is 1.16 bits per heavy atom. The van der Waals surface area contributed by atoms with Gasteiger partial charge >= 0.3 is 0 Å². The van der Waals surface area contributed by atoms with Gasteiger partial charge in [0.1, 0.15) is 5.92 Å². The first-order valence-corrected chi connectivity index (χ1v) is 6.76. The van der Waals surface area contributed by atoms with Gasteiger partial charge in [-0.05, 0) is 24.1 Å². The van der Waals surface area contributed by atoms with E-state index in [0.717, 1.165) is 0 Å². The number of hydrogen-bond acceptors (Lipinski definition) is 3. The molecule has 0 aromatic heterocycles. The second-order valence-electron chi connectivity index (χ2n) is 4.60. The molecular weight excluding hydrogens is 287 g/mol. The summed E-state index contributed by atoms with van der Waals surface area (Å²) in [7, 11) is 0. The Kier molecular flexibility index (Phi) is 4.38. The lowest BCUT2D eigenvalue weighted by molar-refractivity contribution is -0.141. The van der Waals surface area contributed by atoms with Gasteiger partial charge in [-0.15, -0.1) is 0 Å². The van der Waals surface area contributed by atoms with Gasteiger partial charge in [0, 0.05) is 29.3 Å². The monoisotopic (exact) mass is 298 g/mol. The van der Waals surface area contributed by atoms with Gasteiger partial charge in [0.2, 0.25) is 0 Å². The third kappa shape index (κ3) is 3.23. The van der Waals surface area contributed by atoms with Crippen LogP contribution in [0.4, 0.5) is 0 Å². The first-order valence-electron chi connectivity index (χ1n) is 6.01. The largest absolute Gasteiger partial charge is 0.298 e. The lowest BCUT2D eigenvalue weighted by Gasteiger charge is -2.18. The van der Waals surface area contributed by atoms with Crippen LogP contribution in [0.1, 0.15) is 24.8 Å². The molecule has 0 aliphatic heterocycles. The van der Waals surface area contributed by atoms with Crippen molar-refractivity contribution in [2.45, 2.75) is 25.7 Å². The fourth-order valence-electron chi connectivity index (χ4n) is 2.22. The zero-order valence-electron chi connectivity index (χ0n) is 10.1. The summed E-state index contributed by atoms with van der Waals surface area (Å²) in [6.07, 6.45) is 1.13. The smallest absolute Gasteiger partial charge is 0.155 e. The normalized spacial score (nSPS) is 16.7. The second kappa shape index (κ2) is 5.85. The number of halogens is 2. The van der Waals surface area contributed by atoms with Crippen LogP contribution >= 0.6 is 23.2 Å². The van der Waals surface area contributed by atoms with Gasteiger partial charge in [0.05, 0.1) is 0 Å². The van der Waals surface area contributed by atoms with Crippen molar-refractivity contribution in [3.8, 4) is 0 Å². The third-order valence-electron chi connectivity index (χ3n) is 3.19. The molecule has 1 aliphatic carbocycles. The Labute approximate surface area is 120 Å². The summed E-state index contributed by atoms with van der Waals surface area (Å²) in [6.45, 7) is 0. The van der Waals surface area contributed by atoms with Crippen molar-refractivity contribution in [3.63, 3.8) is 0 Å². The average Bonchev–Trinajstić information content (AvgIpc) is 2.32. The minimum Gasteiger partial charge on any atom is -0.298 e. The second-order valence-corrected chi connectivity index (χ2v) is 5.44. The summed E-state index contributed by atoms with van der Waals surface area (Å²) >= 11 is 11.7. The number of ketones is 3. The molecule has 0 amide bonds. The topological polar surface area (TPSA) is 51.2 Å². The number of carbonyl (C=O) groups is 3. The van der Waals surface area contributed by atoms with Crippen molar-refractivity contribution in [1.29, 1.82) is 0 Å². The Bertz CT molecular complexity index is 536. The molecule has 0 unspecified atom stereocenters. The highest BCUT2D eigenvalue weighted by atomic mass is 35.5. The lowest BCUT2D eigenvalue weighted by Crippen LogP contribution is -2.36. The van der Waals surface area contributed by atoms with Gasteiger partial charge in [0.25, 0.3) is 0 Å². The Balaban J connectivity index is 2.16. The SMILES string of the molecule is O=C1CCCC(=O)C1C(=O)Cc1ccc(Cl)cc1Cl. The number of carbonyl (C=O) groups excluding carboxylic acids is 3. The molecule has 1 saturated carbocycles. The molecule has 1 aliphatic rings. The van der Waals surface area contributed by atoms with Crippen molar-refractivity contribution >= 4 is 40.6 Å². The maximum absolute atomic E-state index is 12.1. The zero-order valence-corrected chi connectivity index (χ0v) is 11.6. The first kappa shape index (κ1) is 14.2. The Morgan fingerprint density at radius 2 is 1.79 bits per heavy atom. The van der Waals surface area contributed by atoms with Crippen molar-refractivity contribution < 1.29 is 14.4 Å². The molecular formula is C14H12Cl2O3. The van der Waals surface area contributed by atoms with Crippen molar-refractivity contribution in [1.82, 2.24) is 0 Å². The van der Waals surface area contributed by atoms with Gasteiger partial charge in [0.15, 0.2) is 17.3 Å². The van der Waals surface area contributed by atoms with Crippen LogP contribution in [-0.4, -0.2) is 17.3 Å². The third-order valence-corrected chi connectivity index (χ3v) is 3.78. The summed E-state index contributed by atoms with van der Waals surface area (Å²) in [6, 6.07) is 4.80. The van der Waals surface area contributed by atoms with E-state index in [9.17, 15) is 14.4 Å². The number of rotatable bonds is 3. The molecule has 100 valence electrons. The highest BCUT2D eigenvalue weighted by Crippen LogP contribution is 2.24. The van der Waals surface area contributed by atoms with Crippen LogP contribution in [-0.2, 0) is 20.8 Å². The molecule has 1 aromatic rings. The summed E-state index contributed by atoms with van der Waals surface area (Å²) in [5.74, 6) is -2.02. The van der Waals surface area contributed by atoms with Gasteiger partial charge in [-0.25, -0.2) is 0 Å². The van der Waals surface area contributed by atoms with Gasteiger partial charge in [-0.1, -0.05) is 29.3 Å². The highest BCUT2D eigenvalue weighted by molar-refractivity contribution is 6.35. The van der Waals surface area contributed by atoms with E-state index in [-0.39, 0.29) is 23.8 Å². The standard InChI is InChI=1S/C14H12Cl2O3/c15-9-5-4-8(10(16)7-9)6-13(19)14-11(17)2-1-3-12(14)18/h4-5,7,14H,1-3,6H2. The predicted octanol–water partition coefficient (Wildman–Crippen LogP) is 3.04. The van der Waals surface area contributed by atoms with Crippen LogP contribution in [0.5, 0.6) is 0 Å². The molecule has 1 fully saturated rings. The molecule has 0 atom stereocenters. The molecule has 0 saturated heterocycles. The maximum atomic E-state index is 12.1. The Hall–Kier alpha value is -1.19.